The van der Waals surface area contributed by atoms with Crippen molar-refractivity contribution in [3.05, 3.63) is 52.2 Å². The first-order valence-electron chi connectivity index (χ1n) is 19.6. The highest BCUT2D eigenvalue weighted by Crippen LogP contribution is 2.73. The van der Waals surface area contributed by atoms with Gasteiger partial charge in [-0.2, -0.15) is 0 Å². The van der Waals surface area contributed by atoms with Crippen molar-refractivity contribution >= 4 is 28.0 Å². The molecule has 5 unspecified atom stereocenters. The Bertz CT molecular complexity index is 1980. The zero-order valence-corrected chi connectivity index (χ0v) is 32.4. The van der Waals surface area contributed by atoms with Gasteiger partial charge in [0.1, 0.15) is 11.8 Å². The van der Waals surface area contributed by atoms with E-state index < -0.39 is 23.3 Å². The summed E-state index contributed by atoms with van der Waals surface area (Å²) in [5.74, 6) is 0.725. The number of aliphatic hydroxyl groups is 1. The van der Waals surface area contributed by atoms with Crippen molar-refractivity contribution in [1.82, 2.24) is 4.57 Å². The smallest absolute Gasteiger partial charge is 0.192 e. The van der Waals surface area contributed by atoms with Crippen LogP contribution in [-0.2, 0) is 30.8 Å². The molecule has 51 heavy (non-hydrogen) atoms. The number of aliphatic hydroxyl groups excluding tert-OH is 1. The molecule has 0 amide bonds. The van der Waals surface area contributed by atoms with Gasteiger partial charge in [0.15, 0.2) is 12.1 Å². The predicted molar refractivity (Wildman–Crippen MR) is 198 cm³/mol. The third kappa shape index (κ3) is 4.10. The van der Waals surface area contributed by atoms with Crippen molar-refractivity contribution in [3.8, 4) is 0 Å². The van der Waals surface area contributed by atoms with Crippen LogP contribution in [0.4, 0.5) is 0 Å². The van der Waals surface area contributed by atoms with E-state index in [0.29, 0.717) is 24.0 Å². The van der Waals surface area contributed by atoms with E-state index in [4.69, 9.17) is 14.2 Å². The van der Waals surface area contributed by atoms with Crippen LogP contribution in [0, 0.1) is 34.5 Å². The number of fused-ring (bicyclic) bond motifs is 13. The molecule has 3 fully saturated rings. The molecule has 7 aliphatic rings. The van der Waals surface area contributed by atoms with Crippen molar-refractivity contribution in [2.75, 3.05) is 6.61 Å². The fourth-order valence-corrected chi connectivity index (χ4v) is 13.5. The summed E-state index contributed by atoms with van der Waals surface area (Å²) in [5, 5.41) is 13.4. The zero-order chi connectivity index (χ0) is 36.5. The molecule has 4 aliphatic carbocycles. The lowest BCUT2D eigenvalue weighted by Gasteiger charge is -2.64. The van der Waals surface area contributed by atoms with E-state index in [9.17, 15) is 14.7 Å². The van der Waals surface area contributed by atoms with Gasteiger partial charge in [-0.05, 0) is 120 Å². The fraction of sp³-hybridized carbons (Fsp3) is 0.682. The SMILES string of the molecule is C=C(C)[C@H]1C(=O)c2c3c(cc4c5c(n1c24)C1(C)C(CCC2[C@]4(C)C[C@H](OCC(C)C(C)=O)O[C@H]4CC[C@@]21C)C5)C1=CC(C)(C)OC(C)(C)C1[C@@H]3O. The van der Waals surface area contributed by atoms with Gasteiger partial charge in [0.2, 0.25) is 0 Å². The van der Waals surface area contributed by atoms with Gasteiger partial charge in [-0.1, -0.05) is 39.8 Å². The molecule has 9 rings (SSSR count). The second-order valence-electron chi connectivity index (χ2n) is 19.5. The third-order valence-corrected chi connectivity index (χ3v) is 15.8. The van der Waals surface area contributed by atoms with Crippen LogP contribution < -0.4 is 0 Å². The molecule has 11 atom stereocenters. The number of benzene rings is 1. The highest BCUT2D eigenvalue weighted by molar-refractivity contribution is 6.18. The normalized spacial score (nSPS) is 41.4. The third-order valence-electron chi connectivity index (χ3n) is 15.8. The molecule has 1 N–H and O–H groups in total. The Labute approximate surface area is 303 Å². The minimum absolute atomic E-state index is 0.0265. The Morgan fingerprint density at radius 1 is 1.12 bits per heavy atom. The average Bonchev–Trinajstić information content (AvgIpc) is 3.77. The summed E-state index contributed by atoms with van der Waals surface area (Å²) in [6.07, 6.45) is 7.36. The van der Waals surface area contributed by atoms with Crippen LogP contribution in [0.25, 0.3) is 16.5 Å². The maximum Gasteiger partial charge on any atom is 0.192 e. The summed E-state index contributed by atoms with van der Waals surface area (Å²) >= 11 is 0. The molecule has 4 heterocycles. The first kappa shape index (κ1) is 34.2. The maximum absolute atomic E-state index is 14.9. The van der Waals surface area contributed by atoms with Crippen molar-refractivity contribution in [2.24, 2.45) is 34.5 Å². The molecule has 1 aromatic carbocycles. The number of ketones is 2. The Morgan fingerprint density at radius 3 is 2.53 bits per heavy atom. The van der Waals surface area contributed by atoms with Crippen LogP contribution in [0.5, 0.6) is 0 Å². The number of ether oxygens (including phenoxy) is 3. The van der Waals surface area contributed by atoms with E-state index in [-0.39, 0.29) is 52.0 Å². The average molecular weight is 696 g/mol. The Kier molecular flexibility index (Phi) is 6.93. The van der Waals surface area contributed by atoms with Crippen LogP contribution >= 0.6 is 0 Å². The van der Waals surface area contributed by atoms with E-state index in [2.05, 4.69) is 71.8 Å². The molecule has 7 nitrogen and oxygen atoms in total. The Hall–Kier alpha value is -2.58. The molecule has 0 spiro atoms. The molecular formula is C44H57NO6. The van der Waals surface area contributed by atoms with Gasteiger partial charge in [-0.25, -0.2) is 0 Å². The number of carbonyl (C=O) groups is 2. The maximum atomic E-state index is 14.9. The molecule has 7 heteroatoms. The number of nitrogens with zero attached hydrogens (tertiary/aromatic N) is 1. The van der Waals surface area contributed by atoms with Crippen molar-refractivity contribution in [3.63, 3.8) is 0 Å². The summed E-state index contributed by atoms with van der Waals surface area (Å²) < 4.78 is 21.9. The standard InChI is InChI=1S/C44H57NO6/c1-21(2)35-38(48)33-32-25(28-18-40(5,6)51-41(7,8)34(28)37(32)47)17-26-27-16-24-12-13-29-42(9)19-31(49-20-22(3)23(4)46)50-30(42)14-15-43(29,10)44(24,11)39(27)45(35)36(26)33/h17-18,22,24,29-31,34-35,37,47H,1,12-16,19-20H2,2-11H3/t22?,24?,29?,30-,31+,34?,35-,37+,42-,43-,44?/m0/s1. The Morgan fingerprint density at radius 2 is 1.84 bits per heavy atom. The first-order valence-corrected chi connectivity index (χ1v) is 19.6. The summed E-state index contributed by atoms with van der Waals surface area (Å²) in [6.45, 7) is 26.2. The highest BCUT2D eigenvalue weighted by Gasteiger charge is 2.70. The quantitative estimate of drug-likeness (QED) is 0.316. The lowest BCUT2D eigenvalue weighted by Crippen LogP contribution is -2.61. The van der Waals surface area contributed by atoms with Crippen LogP contribution in [0.2, 0.25) is 0 Å². The predicted octanol–water partition coefficient (Wildman–Crippen LogP) is 8.59. The molecule has 0 radical (unpaired) electrons. The second-order valence-corrected chi connectivity index (χ2v) is 19.5. The summed E-state index contributed by atoms with van der Waals surface area (Å²) in [5.41, 5.74) is 6.91. The van der Waals surface area contributed by atoms with E-state index in [1.807, 2.05) is 13.8 Å². The minimum Gasteiger partial charge on any atom is -0.388 e. The fourth-order valence-electron chi connectivity index (χ4n) is 13.5. The highest BCUT2D eigenvalue weighted by atomic mass is 16.7. The van der Waals surface area contributed by atoms with Crippen molar-refractivity contribution in [1.29, 1.82) is 0 Å². The van der Waals surface area contributed by atoms with Gasteiger partial charge in [0, 0.05) is 45.7 Å². The van der Waals surface area contributed by atoms with Crippen molar-refractivity contribution < 1.29 is 28.9 Å². The first-order chi connectivity index (χ1) is 23.8. The number of Topliss-reactive ketones (excluding diaryl/α,β-unsaturated/α-hetero) is 2. The minimum atomic E-state index is -0.825. The van der Waals surface area contributed by atoms with Crippen LogP contribution in [0.3, 0.4) is 0 Å². The number of hydrogen-bond acceptors (Lipinski definition) is 6. The van der Waals surface area contributed by atoms with Crippen molar-refractivity contribution in [2.45, 2.75) is 149 Å². The monoisotopic (exact) mass is 695 g/mol. The van der Waals surface area contributed by atoms with Gasteiger partial charge in [-0.15, -0.1) is 0 Å². The lowest BCUT2D eigenvalue weighted by atomic mass is 9.40. The molecule has 1 saturated heterocycles. The molecule has 1 aromatic heterocycles. The van der Waals surface area contributed by atoms with Gasteiger partial charge in [0.05, 0.1) is 41.1 Å². The number of allylic oxidation sites excluding steroid dienone is 1. The van der Waals surface area contributed by atoms with Crippen LogP contribution in [0.1, 0.15) is 146 Å². The number of hydrogen-bond donors (Lipinski definition) is 1. The van der Waals surface area contributed by atoms with Crippen LogP contribution in [0.15, 0.2) is 24.3 Å². The number of rotatable bonds is 5. The van der Waals surface area contributed by atoms with Gasteiger partial charge >= 0.3 is 0 Å². The molecule has 2 saturated carbocycles. The largest absolute Gasteiger partial charge is 0.388 e. The summed E-state index contributed by atoms with van der Waals surface area (Å²) in [7, 11) is 0. The van der Waals surface area contributed by atoms with Gasteiger partial charge in [0.25, 0.3) is 0 Å². The van der Waals surface area contributed by atoms with Crippen LogP contribution in [-0.4, -0.2) is 51.4 Å². The Balaban J connectivity index is 1.20. The lowest BCUT2D eigenvalue weighted by molar-refractivity contribution is -0.172. The summed E-state index contributed by atoms with van der Waals surface area (Å²) in [4.78, 5) is 26.9. The number of aromatic nitrogens is 1. The molecule has 0 bridgehead atoms. The topological polar surface area (TPSA) is 87.0 Å². The number of carbonyl (C=O) groups excluding carboxylic acids is 2. The van der Waals surface area contributed by atoms with E-state index in [0.717, 1.165) is 66.3 Å². The van der Waals surface area contributed by atoms with E-state index in [1.54, 1.807) is 6.92 Å². The molecular weight excluding hydrogens is 638 g/mol. The summed E-state index contributed by atoms with van der Waals surface area (Å²) in [6, 6.07) is 1.86. The van der Waals surface area contributed by atoms with Gasteiger partial charge in [-0.3, -0.25) is 9.59 Å². The van der Waals surface area contributed by atoms with E-state index >= 15 is 0 Å². The van der Waals surface area contributed by atoms with Gasteiger partial charge < -0.3 is 23.9 Å². The zero-order valence-electron chi connectivity index (χ0n) is 32.4. The van der Waals surface area contributed by atoms with E-state index in [1.165, 1.54) is 16.6 Å². The molecule has 2 aromatic rings. The molecule has 3 aliphatic heterocycles. The molecule has 274 valence electrons. The second kappa shape index (κ2) is 10.3.